The molecule has 0 radical (unpaired) electrons. The van der Waals surface area contributed by atoms with E-state index in [4.69, 9.17) is 9.47 Å². The first kappa shape index (κ1) is 13.4. The van der Waals surface area contributed by atoms with E-state index in [1.54, 1.807) is 0 Å². The molecular weight excluding hydrogens is 275 g/mol. The van der Waals surface area contributed by atoms with E-state index in [1.165, 1.54) is 0 Å². The third kappa shape index (κ3) is 2.18. The molecule has 0 amide bonds. The molecule has 2 fully saturated rings. The fourth-order valence-corrected chi connectivity index (χ4v) is 2.40. The van der Waals surface area contributed by atoms with Gasteiger partial charge in [-0.15, -0.1) is 0 Å². The quantitative estimate of drug-likeness (QED) is 0.546. The number of nitrogens with one attached hydrogen (secondary N) is 1. The molecule has 0 aromatic carbocycles. The maximum Gasteiger partial charge on any atom is 0.330 e. The lowest BCUT2D eigenvalue weighted by Crippen LogP contribution is -2.39. The van der Waals surface area contributed by atoms with Crippen LogP contribution in [0.1, 0.15) is 12.6 Å². The number of ether oxygens (including phenoxy) is 2. The zero-order chi connectivity index (χ0) is 14.4. The van der Waals surface area contributed by atoms with Gasteiger partial charge in [0.05, 0.1) is 18.9 Å². The third-order valence-electron chi connectivity index (χ3n) is 3.52. The monoisotopic (exact) mass is 288 g/mol. The molecule has 0 aliphatic carbocycles. The van der Waals surface area contributed by atoms with Gasteiger partial charge in [0.15, 0.2) is 0 Å². The predicted molar refractivity (Wildman–Crippen MR) is 61.6 cm³/mol. The van der Waals surface area contributed by atoms with E-state index in [9.17, 15) is 24.2 Å². The van der Waals surface area contributed by atoms with Crippen LogP contribution in [-0.2, 0) is 9.47 Å². The molecule has 2 aliphatic rings. The number of nitrogens with zero attached hydrogens (tertiary/aromatic N) is 1. The van der Waals surface area contributed by atoms with Gasteiger partial charge in [0, 0.05) is 6.42 Å². The summed E-state index contributed by atoms with van der Waals surface area (Å²) in [7, 11) is 0. The van der Waals surface area contributed by atoms with Gasteiger partial charge in [0.25, 0.3) is 5.56 Å². The second-order valence-corrected chi connectivity index (χ2v) is 4.82. The lowest BCUT2D eigenvalue weighted by molar-refractivity contribution is -0.129. The van der Waals surface area contributed by atoms with Gasteiger partial charge < -0.3 is 19.7 Å². The number of aromatic nitrogens is 2. The van der Waals surface area contributed by atoms with E-state index in [1.807, 2.05) is 4.98 Å². The minimum Gasteiger partial charge on any atom is -0.394 e. The van der Waals surface area contributed by atoms with Crippen LogP contribution in [0.25, 0.3) is 0 Å². The van der Waals surface area contributed by atoms with Gasteiger partial charge in [0.1, 0.15) is 24.5 Å². The lowest BCUT2D eigenvalue weighted by Gasteiger charge is -2.25. The van der Waals surface area contributed by atoms with Crippen LogP contribution in [0.5, 0.6) is 0 Å². The first-order valence-electron chi connectivity index (χ1n) is 6.12. The van der Waals surface area contributed by atoms with Crippen molar-refractivity contribution in [1.29, 1.82) is 0 Å². The molecule has 0 spiro atoms. The van der Waals surface area contributed by atoms with Crippen molar-refractivity contribution in [2.24, 2.45) is 0 Å². The molecule has 1 unspecified atom stereocenters. The van der Waals surface area contributed by atoms with Gasteiger partial charge >= 0.3 is 5.69 Å². The van der Waals surface area contributed by atoms with Crippen molar-refractivity contribution in [1.82, 2.24) is 9.55 Å². The Balaban J connectivity index is 1.95. The number of halogens is 1. The van der Waals surface area contributed by atoms with Crippen molar-refractivity contribution < 1.29 is 24.1 Å². The van der Waals surface area contributed by atoms with Gasteiger partial charge in [-0.05, 0) is 0 Å². The smallest absolute Gasteiger partial charge is 0.330 e. The Labute approximate surface area is 111 Å². The summed E-state index contributed by atoms with van der Waals surface area (Å²) < 4.78 is 24.8. The Morgan fingerprint density at radius 1 is 1.45 bits per heavy atom. The van der Waals surface area contributed by atoms with Gasteiger partial charge in [-0.2, -0.15) is 4.39 Å². The minimum absolute atomic E-state index is 0.212. The van der Waals surface area contributed by atoms with E-state index in [-0.39, 0.29) is 12.5 Å². The van der Waals surface area contributed by atoms with Crippen molar-refractivity contribution in [3.63, 3.8) is 0 Å². The summed E-state index contributed by atoms with van der Waals surface area (Å²) >= 11 is 0. The largest absolute Gasteiger partial charge is 0.394 e. The zero-order valence-electron chi connectivity index (χ0n) is 10.2. The van der Waals surface area contributed by atoms with Gasteiger partial charge in [-0.3, -0.25) is 14.3 Å². The number of epoxide rings is 1. The molecular formula is C11H13FN2O6. The van der Waals surface area contributed by atoms with Crippen LogP contribution >= 0.6 is 0 Å². The SMILES string of the molecule is O=c1[nH]c(=O)n(C2C[C@H]3O[C@H]3[C@H](O)[C@@H](CO)O2)cc1F. The van der Waals surface area contributed by atoms with Crippen molar-refractivity contribution >= 4 is 0 Å². The van der Waals surface area contributed by atoms with Crippen LogP contribution < -0.4 is 11.2 Å². The van der Waals surface area contributed by atoms with Gasteiger partial charge in [-0.1, -0.05) is 0 Å². The highest BCUT2D eigenvalue weighted by Gasteiger charge is 2.52. The first-order valence-corrected chi connectivity index (χ1v) is 6.12. The summed E-state index contributed by atoms with van der Waals surface area (Å²) in [6, 6.07) is 0. The molecule has 0 bridgehead atoms. The molecule has 3 heterocycles. The average Bonchev–Trinajstić information content (AvgIpc) is 3.17. The molecule has 9 heteroatoms. The molecule has 8 nitrogen and oxygen atoms in total. The van der Waals surface area contributed by atoms with E-state index in [2.05, 4.69) is 0 Å². The first-order chi connectivity index (χ1) is 9.51. The number of H-pyrrole nitrogens is 1. The molecule has 5 atom stereocenters. The highest BCUT2D eigenvalue weighted by Crippen LogP contribution is 2.38. The Kier molecular flexibility index (Phi) is 3.21. The third-order valence-corrected chi connectivity index (χ3v) is 3.52. The maximum atomic E-state index is 13.3. The van der Waals surface area contributed by atoms with Crippen molar-refractivity contribution in [2.75, 3.05) is 6.61 Å². The number of rotatable bonds is 2. The summed E-state index contributed by atoms with van der Waals surface area (Å²) in [6.07, 6.45) is -2.72. The van der Waals surface area contributed by atoms with Crippen molar-refractivity contribution in [2.45, 2.75) is 37.1 Å². The molecule has 0 saturated carbocycles. The van der Waals surface area contributed by atoms with Crippen LogP contribution in [0.3, 0.4) is 0 Å². The number of hydrogen-bond acceptors (Lipinski definition) is 6. The molecule has 110 valence electrons. The maximum absolute atomic E-state index is 13.3. The molecule has 1 aromatic rings. The van der Waals surface area contributed by atoms with Crippen LogP contribution in [-0.4, -0.2) is 50.8 Å². The standard InChI is InChI=1S/C11H13FN2O6/c12-4-2-14(11(18)13-10(4)17)7-1-5-9(20-5)8(16)6(3-15)19-7/h2,5-9,15-16H,1,3H2,(H,13,17,18)/t5-,6-,7?,8-,9-/m1/s1. The van der Waals surface area contributed by atoms with Crippen LogP contribution in [0.15, 0.2) is 15.8 Å². The van der Waals surface area contributed by atoms with Crippen molar-refractivity contribution in [3.05, 3.63) is 32.9 Å². The number of aromatic amines is 1. The predicted octanol–water partition coefficient (Wildman–Crippen LogP) is -1.92. The van der Waals surface area contributed by atoms with Crippen molar-refractivity contribution in [3.8, 4) is 0 Å². The molecule has 3 N–H and O–H groups in total. The normalized spacial score (nSPS) is 36.2. The fraction of sp³-hybridized carbons (Fsp3) is 0.636. The Morgan fingerprint density at radius 2 is 2.20 bits per heavy atom. The van der Waals surface area contributed by atoms with E-state index >= 15 is 0 Å². The second kappa shape index (κ2) is 4.77. The van der Waals surface area contributed by atoms with Crippen LogP contribution in [0.2, 0.25) is 0 Å². The number of hydrogen-bond donors (Lipinski definition) is 3. The Hall–Kier alpha value is -1.55. The lowest BCUT2D eigenvalue weighted by atomic mass is 10.1. The van der Waals surface area contributed by atoms with E-state index in [0.29, 0.717) is 0 Å². The molecule has 1 aromatic heterocycles. The summed E-state index contributed by atoms with van der Waals surface area (Å²) in [5, 5.41) is 19.1. The fourth-order valence-electron chi connectivity index (χ4n) is 2.40. The van der Waals surface area contributed by atoms with E-state index < -0.39 is 48.2 Å². The number of fused-ring (bicyclic) bond motifs is 1. The molecule has 3 rings (SSSR count). The van der Waals surface area contributed by atoms with Crippen LogP contribution in [0.4, 0.5) is 4.39 Å². The molecule has 20 heavy (non-hydrogen) atoms. The summed E-state index contributed by atoms with van der Waals surface area (Å²) in [5.74, 6) is -1.12. The molecule has 2 aliphatic heterocycles. The minimum atomic E-state index is -1.12. The highest BCUT2D eigenvalue weighted by molar-refractivity contribution is 4.99. The number of aliphatic hydroxyl groups excluding tert-OH is 2. The molecule has 2 saturated heterocycles. The van der Waals surface area contributed by atoms with Crippen LogP contribution in [0, 0.1) is 5.82 Å². The Morgan fingerprint density at radius 3 is 2.90 bits per heavy atom. The van der Waals surface area contributed by atoms with Gasteiger partial charge in [0.2, 0.25) is 5.82 Å². The summed E-state index contributed by atoms with van der Waals surface area (Å²) in [6.45, 7) is -0.467. The zero-order valence-corrected chi connectivity index (χ0v) is 10.2. The highest BCUT2D eigenvalue weighted by atomic mass is 19.1. The Bertz CT molecular complexity index is 628. The van der Waals surface area contributed by atoms with E-state index in [0.717, 1.165) is 10.8 Å². The average molecular weight is 288 g/mol. The second-order valence-electron chi connectivity index (χ2n) is 4.82. The number of aliphatic hydroxyl groups is 2. The summed E-state index contributed by atoms with van der Waals surface area (Å²) in [5.41, 5.74) is -1.94. The topological polar surface area (TPSA) is 117 Å². The van der Waals surface area contributed by atoms with Gasteiger partial charge in [-0.25, -0.2) is 4.79 Å². The summed E-state index contributed by atoms with van der Waals surface area (Å²) in [4.78, 5) is 24.5.